The van der Waals surface area contributed by atoms with Crippen molar-refractivity contribution in [3.05, 3.63) is 12.7 Å². The first-order valence-electron chi connectivity index (χ1n) is 14.6. The predicted molar refractivity (Wildman–Crippen MR) is 150 cm³/mol. The van der Waals surface area contributed by atoms with Gasteiger partial charge in [0.2, 0.25) is 17.6 Å². The molecule has 1 saturated carbocycles. The highest BCUT2D eigenvalue weighted by Gasteiger charge is 2.42. The van der Waals surface area contributed by atoms with Crippen LogP contribution in [0.3, 0.4) is 0 Å². The van der Waals surface area contributed by atoms with Crippen molar-refractivity contribution in [2.45, 2.75) is 109 Å². The summed E-state index contributed by atoms with van der Waals surface area (Å²) in [7, 11) is 0. The van der Waals surface area contributed by atoms with Gasteiger partial charge in [0.15, 0.2) is 0 Å². The van der Waals surface area contributed by atoms with E-state index < -0.39 is 59.9 Å². The molecule has 12 heteroatoms. The number of Topliss-reactive ketones (excluding diaryl/α,β-unsaturated/α-hetero) is 1. The minimum absolute atomic E-state index is 0.0251. The molecule has 12 nitrogen and oxygen atoms in total. The number of rotatable bonds is 13. The maximum atomic E-state index is 13.8. The quantitative estimate of drug-likeness (QED) is 0.170. The van der Waals surface area contributed by atoms with E-state index in [0.29, 0.717) is 25.8 Å². The number of likely N-dealkylation sites (tertiary alicyclic amines) is 1. The monoisotopic (exact) mass is 578 g/mol. The van der Waals surface area contributed by atoms with Gasteiger partial charge in [-0.2, -0.15) is 0 Å². The van der Waals surface area contributed by atoms with E-state index in [4.69, 9.17) is 9.47 Å². The molecule has 0 aromatic carbocycles. The summed E-state index contributed by atoms with van der Waals surface area (Å²) in [5.41, 5.74) is -0.737. The maximum Gasteiger partial charge on any atom is 0.408 e. The number of ketones is 1. The number of amides is 4. The number of carbonyl (C=O) groups excluding carboxylic acids is 6. The Bertz CT molecular complexity index is 970. The second-order valence-corrected chi connectivity index (χ2v) is 11.6. The van der Waals surface area contributed by atoms with Crippen molar-refractivity contribution in [2.24, 2.45) is 5.92 Å². The van der Waals surface area contributed by atoms with Gasteiger partial charge in [-0.25, -0.2) is 4.79 Å². The van der Waals surface area contributed by atoms with Gasteiger partial charge in [0.25, 0.3) is 5.91 Å². The van der Waals surface area contributed by atoms with E-state index in [-0.39, 0.29) is 24.9 Å². The average Bonchev–Trinajstić information content (AvgIpc) is 3.42. The highest BCUT2D eigenvalue weighted by Crippen LogP contribution is 2.29. The Hall–Kier alpha value is -3.44. The molecule has 4 amide bonds. The molecule has 230 valence electrons. The lowest BCUT2D eigenvalue weighted by atomic mass is 9.83. The highest BCUT2D eigenvalue weighted by atomic mass is 16.6. The molecule has 0 spiro atoms. The van der Waals surface area contributed by atoms with Crippen molar-refractivity contribution in [1.82, 2.24) is 20.9 Å². The fourth-order valence-corrected chi connectivity index (χ4v) is 5.19. The molecule has 1 heterocycles. The van der Waals surface area contributed by atoms with Crippen LogP contribution in [0.5, 0.6) is 0 Å². The van der Waals surface area contributed by atoms with Crippen LogP contribution in [0.1, 0.15) is 85.5 Å². The summed E-state index contributed by atoms with van der Waals surface area (Å²) in [6.07, 6.45) is 6.87. The van der Waals surface area contributed by atoms with E-state index in [1.807, 2.05) is 0 Å². The topological polar surface area (TPSA) is 160 Å². The summed E-state index contributed by atoms with van der Waals surface area (Å²) in [6.45, 7) is 10.3. The second kappa shape index (κ2) is 16.1. The lowest BCUT2D eigenvalue weighted by molar-refractivity contribution is -0.145. The lowest BCUT2D eigenvalue weighted by Gasteiger charge is -2.35. The standard InChI is InChI=1S/C29H46N4O8/c1-6-12-20(24(35)26(37)30-18-22(34)40-17-7-2)31-25(36)21-15-11-16-33(21)27(38)23(19-13-9-8-10-14-19)32-28(39)41-29(3,4)5/h7,19-21,23H,2,6,8-18H2,1,3-5H3,(H,30,37)(H,31,36)(H,32,39). The third-order valence-electron chi connectivity index (χ3n) is 7.09. The molecule has 41 heavy (non-hydrogen) atoms. The highest BCUT2D eigenvalue weighted by molar-refractivity contribution is 6.38. The van der Waals surface area contributed by atoms with Crippen LogP contribution in [0.4, 0.5) is 4.79 Å². The van der Waals surface area contributed by atoms with Crippen molar-refractivity contribution in [3.8, 4) is 0 Å². The first-order valence-corrected chi connectivity index (χ1v) is 14.6. The Balaban J connectivity index is 2.11. The summed E-state index contributed by atoms with van der Waals surface area (Å²) in [5.74, 6) is -3.61. The fraction of sp³-hybridized carbons (Fsp3) is 0.724. The number of esters is 1. The zero-order valence-corrected chi connectivity index (χ0v) is 24.8. The van der Waals surface area contributed by atoms with Gasteiger partial charge < -0.3 is 30.3 Å². The molecule has 0 radical (unpaired) electrons. The van der Waals surface area contributed by atoms with Crippen LogP contribution in [0, 0.1) is 5.92 Å². The zero-order chi connectivity index (χ0) is 30.6. The number of nitrogens with one attached hydrogen (secondary N) is 3. The minimum Gasteiger partial charge on any atom is -0.460 e. The zero-order valence-electron chi connectivity index (χ0n) is 24.8. The van der Waals surface area contributed by atoms with Crippen molar-refractivity contribution >= 4 is 35.6 Å². The molecule has 3 unspecified atom stereocenters. The van der Waals surface area contributed by atoms with Gasteiger partial charge in [-0.05, 0) is 58.8 Å². The molecule has 3 atom stereocenters. The normalized spacial score (nSPS) is 18.9. The average molecular weight is 579 g/mol. The third kappa shape index (κ3) is 10.8. The number of ether oxygens (including phenoxy) is 2. The molecule has 0 aromatic rings. The molecule has 1 aliphatic heterocycles. The van der Waals surface area contributed by atoms with Crippen molar-refractivity contribution < 1.29 is 38.2 Å². The van der Waals surface area contributed by atoms with Crippen LogP contribution in [-0.2, 0) is 33.4 Å². The molecule has 2 aliphatic rings. The SMILES string of the molecule is C=CCOC(=O)CNC(=O)C(=O)C(CCC)NC(=O)C1CCCN1C(=O)C(NC(=O)OC(C)(C)C)C1CCCCC1. The van der Waals surface area contributed by atoms with Crippen molar-refractivity contribution in [3.63, 3.8) is 0 Å². The van der Waals surface area contributed by atoms with E-state index in [1.165, 1.54) is 11.0 Å². The first-order chi connectivity index (χ1) is 19.4. The number of nitrogens with zero attached hydrogens (tertiary/aromatic N) is 1. The van der Waals surface area contributed by atoms with Gasteiger partial charge in [-0.3, -0.25) is 24.0 Å². The summed E-state index contributed by atoms with van der Waals surface area (Å²) in [4.78, 5) is 78.2. The number of hydrogen-bond acceptors (Lipinski definition) is 8. The maximum absolute atomic E-state index is 13.8. The predicted octanol–water partition coefficient (Wildman–Crippen LogP) is 2.15. The van der Waals surface area contributed by atoms with Gasteiger partial charge >= 0.3 is 12.1 Å². The Morgan fingerprint density at radius 3 is 2.29 bits per heavy atom. The van der Waals surface area contributed by atoms with Gasteiger partial charge in [0.05, 0.1) is 6.04 Å². The van der Waals surface area contributed by atoms with E-state index >= 15 is 0 Å². The van der Waals surface area contributed by atoms with E-state index in [2.05, 4.69) is 22.5 Å². The molecular formula is C29H46N4O8. The van der Waals surface area contributed by atoms with E-state index in [0.717, 1.165) is 32.1 Å². The van der Waals surface area contributed by atoms with Crippen LogP contribution in [0.2, 0.25) is 0 Å². The molecule has 1 saturated heterocycles. The van der Waals surface area contributed by atoms with Crippen LogP contribution < -0.4 is 16.0 Å². The second-order valence-electron chi connectivity index (χ2n) is 11.6. The number of carbonyl (C=O) groups is 6. The molecule has 0 aromatic heterocycles. The molecule has 2 rings (SSSR count). The van der Waals surface area contributed by atoms with E-state index in [9.17, 15) is 28.8 Å². The van der Waals surface area contributed by atoms with Crippen LogP contribution in [0.15, 0.2) is 12.7 Å². The van der Waals surface area contributed by atoms with Gasteiger partial charge in [-0.1, -0.05) is 45.3 Å². The number of hydrogen-bond donors (Lipinski definition) is 3. The van der Waals surface area contributed by atoms with Crippen LogP contribution in [-0.4, -0.2) is 83.9 Å². The molecule has 0 bridgehead atoms. The summed E-state index contributed by atoms with van der Waals surface area (Å²) < 4.78 is 10.2. The summed E-state index contributed by atoms with van der Waals surface area (Å²) in [6, 6.07) is -2.81. The van der Waals surface area contributed by atoms with Gasteiger partial charge in [0.1, 0.15) is 30.8 Å². The van der Waals surface area contributed by atoms with Crippen molar-refractivity contribution in [2.75, 3.05) is 19.7 Å². The minimum atomic E-state index is -1.12. The van der Waals surface area contributed by atoms with Crippen molar-refractivity contribution in [1.29, 1.82) is 0 Å². The van der Waals surface area contributed by atoms with Gasteiger partial charge in [-0.15, -0.1) is 0 Å². The Kier molecular flexibility index (Phi) is 13.3. The Morgan fingerprint density at radius 2 is 1.68 bits per heavy atom. The molecule has 3 N–H and O–H groups in total. The lowest BCUT2D eigenvalue weighted by Crippen LogP contribution is -2.58. The fourth-order valence-electron chi connectivity index (χ4n) is 5.19. The van der Waals surface area contributed by atoms with E-state index in [1.54, 1.807) is 27.7 Å². The third-order valence-corrected chi connectivity index (χ3v) is 7.09. The largest absolute Gasteiger partial charge is 0.460 e. The van der Waals surface area contributed by atoms with Crippen LogP contribution >= 0.6 is 0 Å². The molecule has 1 aliphatic carbocycles. The molecule has 2 fully saturated rings. The summed E-state index contributed by atoms with van der Waals surface area (Å²) in [5, 5.41) is 7.65. The van der Waals surface area contributed by atoms with Crippen LogP contribution in [0.25, 0.3) is 0 Å². The Morgan fingerprint density at radius 1 is 1.00 bits per heavy atom. The summed E-state index contributed by atoms with van der Waals surface area (Å²) >= 11 is 0. The first kappa shape index (κ1) is 33.8. The van der Waals surface area contributed by atoms with Gasteiger partial charge in [0, 0.05) is 6.54 Å². The number of alkyl carbamates (subject to hydrolysis) is 1. The Labute approximate surface area is 242 Å². The molecular weight excluding hydrogens is 532 g/mol. The smallest absolute Gasteiger partial charge is 0.408 e.